The maximum Gasteiger partial charge on any atom is 0.471 e. The average molecular weight is 852 g/mol. The van der Waals surface area contributed by atoms with Gasteiger partial charge in [-0.25, -0.2) is 0 Å². The summed E-state index contributed by atoms with van der Waals surface area (Å²) in [6.07, 6.45) is -4.18. The van der Waals surface area contributed by atoms with Crippen LogP contribution in [0.5, 0.6) is 0 Å². The van der Waals surface area contributed by atoms with Gasteiger partial charge in [-0.05, 0) is 50.0 Å². The van der Waals surface area contributed by atoms with E-state index in [0.717, 1.165) is 29.7 Å². The molecule has 2 heterocycles. The largest absolute Gasteiger partial charge is 0.481 e. The maximum absolute atomic E-state index is 14.4. The Bertz CT molecular complexity index is 1730. The lowest BCUT2D eigenvalue weighted by atomic mass is 9.88. The number of aliphatic carboxylic acids is 1. The van der Waals surface area contributed by atoms with Gasteiger partial charge in [-0.1, -0.05) is 58.0 Å². The molecule has 0 aliphatic carbocycles. The summed E-state index contributed by atoms with van der Waals surface area (Å²) in [6.45, 7) is 9.14. The first-order chi connectivity index (χ1) is 27.9. The smallest absolute Gasteiger partial charge is 0.471 e. The third-order valence-corrected chi connectivity index (χ3v) is 11.3. The molecule has 0 aromatic heterocycles. The van der Waals surface area contributed by atoms with Gasteiger partial charge in [0.1, 0.15) is 29.7 Å². The minimum atomic E-state index is -5.32. The number of halogens is 3. The first-order valence-electron chi connectivity index (χ1n) is 20.2. The molecule has 7 amide bonds. The van der Waals surface area contributed by atoms with Gasteiger partial charge in [0, 0.05) is 53.7 Å². The van der Waals surface area contributed by atoms with E-state index in [1.165, 1.54) is 30.8 Å². The number of carboxylic acid groups (broad SMARTS) is 1. The van der Waals surface area contributed by atoms with Crippen LogP contribution in [0.4, 0.5) is 13.2 Å². The van der Waals surface area contributed by atoms with Crippen LogP contribution in [0.1, 0.15) is 78.7 Å². The lowest BCUT2D eigenvalue weighted by Gasteiger charge is -2.43. The monoisotopic (exact) mass is 851 g/mol. The molecule has 1 aromatic rings. The quantitative estimate of drug-likeness (QED) is 0.198. The molecule has 3 N–H and O–H groups in total. The summed E-state index contributed by atoms with van der Waals surface area (Å²) in [5, 5.41) is 14.7. The van der Waals surface area contributed by atoms with E-state index in [0.29, 0.717) is 49.5 Å². The molecule has 19 heteroatoms. The zero-order chi connectivity index (χ0) is 45.3. The molecule has 3 rings (SSSR count). The van der Waals surface area contributed by atoms with Gasteiger partial charge in [0.25, 0.3) is 0 Å². The van der Waals surface area contributed by atoms with Crippen molar-refractivity contribution < 1.29 is 56.6 Å². The van der Waals surface area contributed by atoms with Gasteiger partial charge in [-0.3, -0.25) is 38.4 Å². The van der Waals surface area contributed by atoms with Crippen LogP contribution in [0.3, 0.4) is 0 Å². The lowest BCUT2D eigenvalue weighted by Crippen LogP contribution is -2.65. The van der Waals surface area contributed by atoms with E-state index in [2.05, 4.69) is 10.6 Å². The van der Waals surface area contributed by atoms with Crippen molar-refractivity contribution in [2.75, 3.05) is 47.3 Å². The Kier molecular flexibility index (Phi) is 17.1. The molecule has 1 unspecified atom stereocenters. The second kappa shape index (κ2) is 20.8. The van der Waals surface area contributed by atoms with Gasteiger partial charge in [0.15, 0.2) is 0 Å². The number of amides is 7. The van der Waals surface area contributed by atoms with Gasteiger partial charge in [-0.15, -0.1) is 0 Å². The molecule has 60 heavy (non-hydrogen) atoms. The SMILES string of the molecule is CC(C)[C@@H](C(=O)N[C@@H](CC(=O)O)C(=O)N1CCCC1)N(C)C(=O)C[C@H](NC(=O)[C@H](C(C)C)N(C)C(=O)C(C)(Cc1ccccc1)N(C)C(=O)C(F)(F)F)C(=O)N1CCCC1. The van der Waals surface area contributed by atoms with E-state index < -0.39 is 108 Å². The van der Waals surface area contributed by atoms with Crippen molar-refractivity contribution in [2.45, 2.75) is 115 Å². The van der Waals surface area contributed by atoms with Crippen molar-refractivity contribution in [1.29, 1.82) is 0 Å². The summed E-state index contributed by atoms with van der Waals surface area (Å²) in [5.74, 6) is -9.43. The Hall–Kier alpha value is -5.23. The molecule has 0 radical (unpaired) electrons. The fourth-order valence-corrected chi connectivity index (χ4v) is 7.98. The van der Waals surface area contributed by atoms with E-state index in [1.54, 1.807) is 58.0 Å². The van der Waals surface area contributed by atoms with Crippen LogP contribution >= 0.6 is 0 Å². The van der Waals surface area contributed by atoms with E-state index in [-0.39, 0.29) is 6.42 Å². The van der Waals surface area contributed by atoms with Crippen LogP contribution < -0.4 is 10.6 Å². The van der Waals surface area contributed by atoms with Crippen molar-refractivity contribution in [3.63, 3.8) is 0 Å². The topological polar surface area (TPSA) is 197 Å². The number of benzene rings is 1. The highest BCUT2D eigenvalue weighted by Crippen LogP contribution is 2.29. The Labute approximate surface area is 349 Å². The second-order valence-corrected chi connectivity index (χ2v) is 16.6. The third-order valence-electron chi connectivity index (χ3n) is 11.3. The molecule has 0 bridgehead atoms. The first-order valence-corrected chi connectivity index (χ1v) is 20.2. The molecule has 2 saturated heterocycles. The van der Waals surface area contributed by atoms with Crippen molar-refractivity contribution >= 4 is 47.3 Å². The van der Waals surface area contributed by atoms with Crippen LogP contribution in [0.15, 0.2) is 30.3 Å². The highest BCUT2D eigenvalue weighted by molar-refractivity contribution is 5.99. The molecule has 334 valence electrons. The molecule has 2 aliphatic heterocycles. The molecule has 16 nitrogen and oxygen atoms in total. The summed E-state index contributed by atoms with van der Waals surface area (Å²) in [6, 6.07) is 2.56. The fourth-order valence-electron chi connectivity index (χ4n) is 7.98. The van der Waals surface area contributed by atoms with E-state index in [9.17, 15) is 56.6 Å². The molecule has 2 fully saturated rings. The Morgan fingerprint density at radius 1 is 0.683 bits per heavy atom. The molecule has 2 aliphatic rings. The van der Waals surface area contributed by atoms with Crippen molar-refractivity contribution in [2.24, 2.45) is 11.8 Å². The standard InChI is InChI=1S/C41H60F3N7O9/c1-25(2)32(34(55)46-29(23-31(53)54)37(58)51-20-14-15-21-51)47(6)30(52)22-28(36(57)50-18-12-13-19-50)45-35(56)33(26(3)4)48(7)38(59)40(5,24-27-16-10-9-11-17-27)49(8)39(60)41(42,43)44/h9-11,16-17,25-26,28-29,32-33H,12-15,18-24H2,1-8H3,(H,45,56)(H,46,55)(H,53,54)/t28-,29-,32-,33-,40?/m0/s1. The van der Waals surface area contributed by atoms with E-state index >= 15 is 0 Å². The summed E-state index contributed by atoms with van der Waals surface area (Å²) in [4.78, 5) is 113. The normalized spacial score (nSPS) is 17.3. The van der Waals surface area contributed by atoms with Crippen LogP contribution in [0.25, 0.3) is 0 Å². The molecule has 5 atom stereocenters. The number of likely N-dealkylation sites (tertiary alicyclic amines) is 2. The fraction of sp³-hybridized carbons (Fsp3) is 0.659. The number of alkyl halides is 3. The average Bonchev–Trinajstić information content (AvgIpc) is 3.91. The highest BCUT2D eigenvalue weighted by atomic mass is 19.4. The molecular formula is C41H60F3N7O9. The number of nitrogens with zero attached hydrogens (tertiary/aromatic N) is 5. The number of hydrogen-bond acceptors (Lipinski definition) is 8. The number of carbonyl (C=O) groups excluding carboxylic acids is 7. The van der Waals surface area contributed by atoms with Crippen LogP contribution in [-0.2, 0) is 44.8 Å². The van der Waals surface area contributed by atoms with Crippen molar-refractivity contribution in [1.82, 2.24) is 35.1 Å². The Balaban J connectivity index is 1.93. The third kappa shape index (κ3) is 12.2. The minimum absolute atomic E-state index is 0.315. The number of hydrogen-bond donors (Lipinski definition) is 3. The molecule has 0 saturated carbocycles. The zero-order valence-electron chi connectivity index (χ0n) is 35.7. The molecule has 1 aromatic carbocycles. The van der Waals surface area contributed by atoms with Crippen LogP contribution in [0.2, 0.25) is 0 Å². The van der Waals surface area contributed by atoms with Gasteiger partial charge in [0.2, 0.25) is 35.4 Å². The molecular weight excluding hydrogens is 791 g/mol. The summed E-state index contributed by atoms with van der Waals surface area (Å²) in [7, 11) is 3.40. The van der Waals surface area contributed by atoms with E-state index in [4.69, 9.17) is 0 Å². The predicted octanol–water partition coefficient (Wildman–Crippen LogP) is 2.05. The van der Waals surface area contributed by atoms with E-state index in [1.807, 2.05) is 0 Å². The minimum Gasteiger partial charge on any atom is -0.481 e. The van der Waals surface area contributed by atoms with Gasteiger partial charge >= 0.3 is 18.1 Å². The van der Waals surface area contributed by atoms with Gasteiger partial charge in [-0.2, -0.15) is 13.2 Å². The summed E-state index contributed by atoms with van der Waals surface area (Å²) >= 11 is 0. The second-order valence-electron chi connectivity index (χ2n) is 16.6. The van der Waals surface area contributed by atoms with Crippen molar-refractivity contribution in [3.05, 3.63) is 35.9 Å². The number of rotatable bonds is 18. The molecule has 0 spiro atoms. The van der Waals surface area contributed by atoms with Crippen LogP contribution in [0, 0.1) is 11.8 Å². The number of likely N-dealkylation sites (N-methyl/N-ethyl adjacent to an activating group) is 3. The summed E-state index contributed by atoms with van der Waals surface area (Å²) < 4.78 is 41.3. The predicted molar refractivity (Wildman–Crippen MR) is 213 cm³/mol. The Morgan fingerprint density at radius 3 is 1.50 bits per heavy atom. The number of carbonyl (C=O) groups is 8. The number of nitrogens with one attached hydrogen (secondary N) is 2. The highest BCUT2D eigenvalue weighted by Gasteiger charge is 2.52. The Morgan fingerprint density at radius 2 is 1.10 bits per heavy atom. The maximum atomic E-state index is 14.4. The van der Waals surface area contributed by atoms with Crippen molar-refractivity contribution in [3.8, 4) is 0 Å². The zero-order valence-corrected chi connectivity index (χ0v) is 35.7. The summed E-state index contributed by atoms with van der Waals surface area (Å²) in [5.41, 5.74) is -1.70. The van der Waals surface area contributed by atoms with Crippen LogP contribution in [-0.4, -0.2) is 160 Å². The van der Waals surface area contributed by atoms with Gasteiger partial charge < -0.3 is 40.2 Å². The number of carboxylic acids is 1. The first kappa shape index (κ1) is 49.1. The van der Waals surface area contributed by atoms with Gasteiger partial charge in [0.05, 0.1) is 12.8 Å². The lowest BCUT2D eigenvalue weighted by molar-refractivity contribution is -0.191.